The molecule has 2 amide bonds. The molecule has 2 saturated heterocycles. The minimum Gasteiger partial charge on any atom is -0.490 e. The van der Waals surface area contributed by atoms with Gasteiger partial charge in [0.25, 0.3) is 5.91 Å². The monoisotopic (exact) mass is 718 g/mol. The molecule has 280 valence electrons. The molecule has 13 nitrogen and oxygen atoms in total. The minimum atomic E-state index is -0.506. The first-order valence-corrected chi connectivity index (χ1v) is 18.6. The maximum absolute atomic E-state index is 14.3. The van der Waals surface area contributed by atoms with Crippen molar-refractivity contribution in [1.29, 1.82) is 0 Å². The maximum atomic E-state index is 14.3. The Morgan fingerprint density at radius 3 is 2.56 bits per heavy atom. The standard InChI is InChI=1S/C38H51FN8O5/c1-5-47(26(3)4)37(48)30-20-27(39)8-9-33(30)52-35-21-40-25-42-36(35)46-18-11-29(12-19-46)51-34-10-14-41-32-13-17-44(24-31(32)34)15-7-16-45-22-28(23-45)43-38(49)50-6-2/h8-10,14,20-21,25-26,28-29H,5-7,11-13,15-19,22-24H2,1-4H3,(H,43,49). The van der Waals surface area contributed by atoms with Gasteiger partial charge in [0.2, 0.25) is 0 Å². The van der Waals surface area contributed by atoms with Gasteiger partial charge in [0.15, 0.2) is 11.6 Å². The van der Waals surface area contributed by atoms with Crippen LogP contribution in [0.2, 0.25) is 0 Å². The van der Waals surface area contributed by atoms with E-state index < -0.39 is 5.82 Å². The number of ether oxygens (including phenoxy) is 3. The molecule has 2 aromatic heterocycles. The van der Waals surface area contributed by atoms with Crippen molar-refractivity contribution in [2.75, 3.05) is 63.9 Å². The summed E-state index contributed by atoms with van der Waals surface area (Å²) in [5.74, 6) is 1.39. The first-order valence-electron chi connectivity index (χ1n) is 18.6. The third kappa shape index (κ3) is 9.08. The SMILES string of the molecule is CCOC(=O)NC1CN(CCCN2CCc3nccc(OC4CCN(c5ncncc5Oc5ccc(F)cc5C(=O)N(CC)C(C)C)CC4)c3C2)C1. The fourth-order valence-corrected chi connectivity index (χ4v) is 7.23. The number of carbonyl (C=O) groups is 2. The van der Waals surface area contributed by atoms with Crippen LogP contribution < -0.4 is 19.7 Å². The molecular formula is C38H51FN8O5. The molecule has 6 rings (SSSR count). The highest BCUT2D eigenvalue weighted by Crippen LogP contribution is 2.35. The highest BCUT2D eigenvalue weighted by Gasteiger charge is 2.30. The van der Waals surface area contributed by atoms with Crippen LogP contribution in [0.3, 0.4) is 0 Å². The normalized spacial score (nSPS) is 17.0. The van der Waals surface area contributed by atoms with Crippen molar-refractivity contribution in [2.45, 2.75) is 78.1 Å². The van der Waals surface area contributed by atoms with Crippen LogP contribution in [0.1, 0.15) is 68.6 Å². The van der Waals surface area contributed by atoms with Crippen LogP contribution in [0, 0.1) is 5.82 Å². The number of aromatic nitrogens is 3. The zero-order valence-corrected chi connectivity index (χ0v) is 30.7. The van der Waals surface area contributed by atoms with Gasteiger partial charge >= 0.3 is 6.09 Å². The summed E-state index contributed by atoms with van der Waals surface area (Å²) >= 11 is 0. The van der Waals surface area contributed by atoms with Crippen molar-refractivity contribution in [1.82, 2.24) is 35.0 Å². The van der Waals surface area contributed by atoms with Crippen LogP contribution in [-0.2, 0) is 17.7 Å². The number of amides is 2. The molecule has 0 saturated carbocycles. The topological polar surface area (TPSA) is 125 Å². The van der Waals surface area contributed by atoms with E-state index in [2.05, 4.69) is 35.0 Å². The molecule has 0 unspecified atom stereocenters. The summed E-state index contributed by atoms with van der Waals surface area (Å²) in [5.41, 5.74) is 2.44. The van der Waals surface area contributed by atoms with Gasteiger partial charge in [0, 0.05) is 88.6 Å². The van der Waals surface area contributed by atoms with Gasteiger partial charge in [-0.2, -0.15) is 0 Å². The molecule has 0 spiro atoms. The number of piperidine rings is 1. The van der Waals surface area contributed by atoms with Crippen LogP contribution in [0.25, 0.3) is 0 Å². The molecule has 52 heavy (non-hydrogen) atoms. The molecule has 3 aliphatic heterocycles. The summed E-state index contributed by atoms with van der Waals surface area (Å²) in [5, 5.41) is 2.90. The third-order valence-corrected chi connectivity index (χ3v) is 9.96. The molecule has 2 fully saturated rings. The quantitative estimate of drug-likeness (QED) is 0.245. The fourth-order valence-electron chi connectivity index (χ4n) is 7.23. The van der Waals surface area contributed by atoms with Gasteiger partial charge in [-0.25, -0.2) is 19.2 Å². The number of nitrogens with zero attached hydrogens (tertiary/aromatic N) is 7. The number of rotatable bonds is 14. The van der Waals surface area contributed by atoms with Crippen molar-refractivity contribution in [3.63, 3.8) is 0 Å². The predicted molar refractivity (Wildman–Crippen MR) is 194 cm³/mol. The highest BCUT2D eigenvalue weighted by molar-refractivity contribution is 5.97. The van der Waals surface area contributed by atoms with E-state index >= 15 is 0 Å². The van der Waals surface area contributed by atoms with Crippen LogP contribution in [0.15, 0.2) is 43.0 Å². The van der Waals surface area contributed by atoms with Crippen molar-refractivity contribution < 1.29 is 28.2 Å². The molecule has 5 heterocycles. The Morgan fingerprint density at radius 1 is 1.02 bits per heavy atom. The van der Waals surface area contributed by atoms with E-state index in [1.165, 1.54) is 30.1 Å². The summed E-state index contributed by atoms with van der Waals surface area (Å²) < 4.78 is 32.3. The van der Waals surface area contributed by atoms with Crippen molar-refractivity contribution in [3.8, 4) is 17.2 Å². The van der Waals surface area contributed by atoms with E-state index in [1.807, 2.05) is 40.0 Å². The lowest BCUT2D eigenvalue weighted by Crippen LogP contribution is -2.59. The lowest BCUT2D eigenvalue weighted by atomic mass is 10.0. The number of hydrogen-bond acceptors (Lipinski definition) is 11. The summed E-state index contributed by atoms with van der Waals surface area (Å²) in [6, 6.07) is 6.11. The van der Waals surface area contributed by atoms with Gasteiger partial charge in [0.1, 0.15) is 29.7 Å². The van der Waals surface area contributed by atoms with Crippen LogP contribution in [0.5, 0.6) is 17.2 Å². The minimum absolute atomic E-state index is 0.0318. The van der Waals surface area contributed by atoms with Crippen LogP contribution in [0.4, 0.5) is 15.0 Å². The summed E-state index contributed by atoms with van der Waals surface area (Å²) in [6.07, 6.45) is 8.13. The molecular weight excluding hydrogens is 667 g/mol. The Bertz CT molecular complexity index is 1680. The Balaban J connectivity index is 1.02. The summed E-state index contributed by atoms with van der Waals surface area (Å²) in [7, 11) is 0. The number of pyridine rings is 1. The van der Waals surface area contributed by atoms with E-state index in [4.69, 9.17) is 14.2 Å². The van der Waals surface area contributed by atoms with E-state index in [-0.39, 0.29) is 41.5 Å². The van der Waals surface area contributed by atoms with Crippen LogP contribution >= 0.6 is 0 Å². The molecule has 14 heteroatoms. The lowest BCUT2D eigenvalue weighted by molar-refractivity contribution is 0.0713. The number of benzene rings is 1. The number of alkyl carbamates (subject to hydrolysis) is 1. The maximum Gasteiger partial charge on any atom is 0.407 e. The second kappa shape index (κ2) is 17.3. The molecule has 1 aromatic carbocycles. The molecule has 3 aliphatic rings. The Morgan fingerprint density at radius 2 is 1.81 bits per heavy atom. The Hall–Kier alpha value is -4.56. The Labute approximate surface area is 305 Å². The number of anilines is 1. The zero-order chi connectivity index (χ0) is 36.6. The van der Waals surface area contributed by atoms with Crippen molar-refractivity contribution in [2.24, 2.45) is 0 Å². The number of hydrogen-bond donors (Lipinski definition) is 1. The first-order chi connectivity index (χ1) is 25.2. The Kier molecular flexibility index (Phi) is 12.4. The second-order valence-corrected chi connectivity index (χ2v) is 13.9. The summed E-state index contributed by atoms with van der Waals surface area (Å²) in [6.45, 7) is 15.3. The van der Waals surface area contributed by atoms with Gasteiger partial charge in [0.05, 0.1) is 24.4 Å². The largest absolute Gasteiger partial charge is 0.490 e. The van der Waals surface area contributed by atoms with E-state index in [0.717, 1.165) is 76.4 Å². The second-order valence-electron chi connectivity index (χ2n) is 13.9. The number of carbonyl (C=O) groups excluding carboxylic acids is 2. The average Bonchev–Trinajstić information content (AvgIpc) is 3.12. The van der Waals surface area contributed by atoms with Gasteiger partial charge in [-0.1, -0.05) is 0 Å². The van der Waals surface area contributed by atoms with E-state index in [0.29, 0.717) is 37.8 Å². The van der Waals surface area contributed by atoms with Gasteiger partial charge in [-0.15, -0.1) is 0 Å². The van der Waals surface area contributed by atoms with E-state index in [9.17, 15) is 14.0 Å². The van der Waals surface area contributed by atoms with Crippen molar-refractivity contribution >= 4 is 17.8 Å². The smallest absolute Gasteiger partial charge is 0.407 e. The number of fused-ring (bicyclic) bond motifs is 1. The molecule has 1 N–H and O–H groups in total. The number of likely N-dealkylation sites (tertiary alicyclic amines) is 1. The molecule has 0 aliphatic carbocycles. The van der Waals surface area contributed by atoms with Gasteiger partial charge in [-0.05, 0) is 71.5 Å². The highest BCUT2D eigenvalue weighted by atomic mass is 19.1. The van der Waals surface area contributed by atoms with Gasteiger partial charge in [-0.3, -0.25) is 19.6 Å². The predicted octanol–water partition coefficient (Wildman–Crippen LogP) is 4.90. The molecule has 0 radical (unpaired) electrons. The fraction of sp³-hybridized carbons (Fsp3) is 0.553. The summed E-state index contributed by atoms with van der Waals surface area (Å²) in [4.78, 5) is 47.1. The number of halogens is 1. The zero-order valence-electron chi connectivity index (χ0n) is 30.7. The number of nitrogens with one attached hydrogen (secondary N) is 1. The molecule has 0 bridgehead atoms. The van der Waals surface area contributed by atoms with Gasteiger partial charge < -0.3 is 29.3 Å². The average molecular weight is 719 g/mol. The third-order valence-electron chi connectivity index (χ3n) is 9.96. The van der Waals surface area contributed by atoms with E-state index in [1.54, 1.807) is 11.1 Å². The van der Waals surface area contributed by atoms with Crippen LogP contribution in [-0.4, -0.2) is 119 Å². The molecule has 3 aromatic rings. The molecule has 0 atom stereocenters. The van der Waals surface area contributed by atoms with Crippen molar-refractivity contribution in [3.05, 3.63) is 65.6 Å². The lowest BCUT2D eigenvalue weighted by Gasteiger charge is -2.39. The first kappa shape index (κ1) is 37.2.